The van der Waals surface area contributed by atoms with E-state index in [1.165, 1.54) is 10.1 Å². The van der Waals surface area contributed by atoms with Crippen molar-refractivity contribution in [2.45, 2.75) is 0 Å². The second-order valence-corrected chi connectivity index (χ2v) is 4.56. The molecule has 1 nitrogen and oxygen atoms in total. The molecular weight excluding hydrogens is 283 g/mol. The maximum atomic E-state index is 10.6. The maximum absolute atomic E-state index is 10.6. The fraction of sp³-hybridized carbons (Fsp3) is 0. The van der Waals surface area contributed by atoms with E-state index in [4.69, 9.17) is 0 Å². The summed E-state index contributed by atoms with van der Waals surface area (Å²) in [6, 6.07) is 8.06. The van der Waals surface area contributed by atoms with E-state index in [1.54, 1.807) is 11.3 Å². The van der Waals surface area contributed by atoms with E-state index < -0.39 is 0 Å². The van der Waals surface area contributed by atoms with E-state index in [1.807, 2.05) is 24.3 Å². The minimum Gasteiger partial charge on any atom is -0.297 e. The molecule has 2 rings (SSSR count). The van der Waals surface area contributed by atoms with E-state index in [9.17, 15) is 4.79 Å². The second kappa shape index (κ2) is 3.14. The molecule has 0 spiro atoms. The second-order valence-electron chi connectivity index (χ2n) is 2.39. The molecule has 1 aromatic carbocycles. The molecule has 0 atom stereocenters. The third-order valence-electron chi connectivity index (χ3n) is 1.67. The smallest absolute Gasteiger partial charge is 0.161 e. The number of benzene rings is 1. The molecule has 0 unspecified atom stereocenters. The molecule has 2 aromatic rings. The van der Waals surface area contributed by atoms with Crippen molar-refractivity contribution in [2.75, 3.05) is 0 Å². The molecule has 0 saturated heterocycles. The number of fused-ring (bicyclic) bond motifs is 1. The summed E-state index contributed by atoms with van der Waals surface area (Å²) in [5.41, 5.74) is 0. The van der Waals surface area contributed by atoms with Gasteiger partial charge >= 0.3 is 0 Å². The van der Waals surface area contributed by atoms with E-state index in [0.717, 1.165) is 14.7 Å². The molecule has 3 heteroatoms. The molecule has 0 bridgehead atoms. The number of aldehydes is 1. The summed E-state index contributed by atoms with van der Waals surface area (Å²) in [7, 11) is 0. The lowest BCUT2D eigenvalue weighted by Crippen LogP contribution is -1.73. The van der Waals surface area contributed by atoms with Crippen LogP contribution in [0.25, 0.3) is 10.1 Å². The highest BCUT2D eigenvalue weighted by atomic mass is 127. The summed E-state index contributed by atoms with van der Waals surface area (Å²) >= 11 is 3.76. The summed E-state index contributed by atoms with van der Waals surface area (Å²) < 4.78 is 2.26. The zero-order valence-corrected chi connectivity index (χ0v) is 9.06. The first-order valence-electron chi connectivity index (χ1n) is 3.45. The fourth-order valence-corrected chi connectivity index (χ4v) is 3.13. The van der Waals surface area contributed by atoms with Crippen LogP contribution < -0.4 is 0 Å². The number of thiophene rings is 1. The van der Waals surface area contributed by atoms with Gasteiger partial charge in [0, 0.05) is 13.7 Å². The molecular formula is C9H5IOS. The van der Waals surface area contributed by atoms with Gasteiger partial charge in [-0.05, 0) is 28.7 Å². The molecule has 1 heterocycles. The summed E-state index contributed by atoms with van der Waals surface area (Å²) in [5, 5.41) is 1.19. The van der Waals surface area contributed by atoms with Crippen LogP contribution in [0.3, 0.4) is 0 Å². The van der Waals surface area contributed by atoms with Gasteiger partial charge < -0.3 is 0 Å². The van der Waals surface area contributed by atoms with Crippen molar-refractivity contribution in [3.63, 3.8) is 0 Å². The highest BCUT2D eigenvalue weighted by Gasteiger charge is 2.06. The number of carbonyl (C=O) groups is 1. The van der Waals surface area contributed by atoms with E-state index >= 15 is 0 Å². The van der Waals surface area contributed by atoms with Crippen molar-refractivity contribution in [1.82, 2.24) is 0 Å². The average molecular weight is 288 g/mol. The van der Waals surface area contributed by atoms with Gasteiger partial charge in [-0.1, -0.05) is 18.2 Å². The topological polar surface area (TPSA) is 17.1 Å². The lowest BCUT2D eigenvalue weighted by atomic mass is 10.2. The van der Waals surface area contributed by atoms with Gasteiger partial charge in [-0.2, -0.15) is 0 Å². The normalized spacial score (nSPS) is 10.4. The Morgan fingerprint density at radius 3 is 2.75 bits per heavy atom. The predicted octanol–water partition coefficient (Wildman–Crippen LogP) is 3.32. The first kappa shape index (κ1) is 8.19. The van der Waals surface area contributed by atoms with Gasteiger partial charge in [0.15, 0.2) is 6.29 Å². The minimum absolute atomic E-state index is 0.830. The first-order chi connectivity index (χ1) is 5.83. The van der Waals surface area contributed by atoms with Crippen molar-refractivity contribution in [1.29, 1.82) is 0 Å². The zero-order chi connectivity index (χ0) is 8.55. The van der Waals surface area contributed by atoms with E-state index in [2.05, 4.69) is 22.6 Å². The average Bonchev–Trinajstić information content (AvgIpc) is 2.44. The lowest BCUT2D eigenvalue weighted by Gasteiger charge is -1.86. The van der Waals surface area contributed by atoms with Gasteiger partial charge in [-0.15, -0.1) is 11.3 Å². The quantitative estimate of drug-likeness (QED) is 0.581. The van der Waals surface area contributed by atoms with Gasteiger partial charge in [0.1, 0.15) is 0 Å². The molecule has 0 fully saturated rings. The molecule has 60 valence electrons. The molecule has 0 saturated carbocycles. The Labute approximate surface area is 87.5 Å². The molecule has 0 amide bonds. The van der Waals surface area contributed by atoms with Gasteiger partial charge in [0.05, 0.1) is 4.88 Å². The van der Waals surface area contributed by atoms with E-state index in [0.29, 0.717) is 0 Å². The third kappa shape index (κ3) is 1.17. The summed E-state index contributed by atoms with van der Waals surface area (Å²) in [6.07, 6.45) is 0.923. The summed E-state index contributed by atoms with van der Waals surface area (Å²) in [5.74, 6) is 0. The molecule has 0 N–H and O–H groups in total. The van der Waals surface area contributed by atoms with Crippen molar-refractivity contribution in [3.8, 4) is 0 Å². The summed E-state index contributed by atoms with van der Waals surface area (Å²) in [6.45, 7) is 0. The van der Waals surface area contributed by atoms with Crippen LogP contribution in [0.2, 0.25) is 0 Å². The Morgan fingerprint density at radius 2 is 2.08 bits per heavy atom. The molecule has 0 radical (unpaired) electrons. The third-order valence-corrected chi connectivity index (χ3v) is 4.29. The predicted molar refractivity (Wildman–Crippen MR) is 59.9 cm³/mol. The lowest BCUT2D eigenvalue weighted by molar-refractivity contribution is 0.112. The monoisotopic (exact) mass is 288 g/mol. The number of rotatable bonds is 1. The van der Waals surface area contributed by atoms with Gasteiger partial charge in [0.25, 0.3) is 0 Å². The zero-order valence-electron chi connectivity index (χ0n) is 6.08. The van der Waals surface area contributed by atoms with Crippen LogP contribution >= 0.6 is 33.9 Å². The molecule has 0 aliphatic heterocycles. The number of hydrogen-bond donors (Lipinski definition) is 0. The van der Waals surface area contributed by atoms with Crippen molar-refractivity contribution >= 4 is 50.3 Å². The van der Waals surface area contributed by atoms with Crippen LogP contribution in [-0.4, -0.2) is 6.29 Å². The minimum atomic E-state index is 0.830. The maximum Gasteiger partial charge on any atom is 0.161 e. The standard InChI is InChI=1S/C9H5IOS/c10-9-6-3-1-2-4-7(6)12-8(9)5-11/h1-5H. The number of hydrogen-bond acceptors (Lipinski definition) is 2. The number of halogens is 1. The van der Waals surface area contributed by atoms with Crippen LogP contribution in [0.1, 0.15) is 9.67 Å². The highest BCUT2D eigenvalue weighted by molar-refractivity contribution is 14.1. The first-order valence-corrected chi connectivity index (χ1v) is 5.34. The van der Waals surface area contributed by atoms with Crippen molar-refractivity contribution in [2.24, 2.45) is 0 Å². The highest BCUT2D eigenvalue weighted by Crippen LogP contribution is 2.30. The van der Waals surface area contributed by atoms with Gasteiger partial charge in [-0.3, -0.25) is 4.79 Å². The molecule has 0 aliphatic carbocycles. The SMILES string of the molecule is O=Cc1sc2ccccc2c1I. The van der Waals surface area contributed by atoms with Crippen LogP contribution in [-0.2, 0) is 0 Å². The van der Waals surface area contributed by atoms with E-state index in [-0.39, 0.29) is 0 Å². The Morgan fingerprint density at radius 1 is 1.33 bits per heavy atom. The summed E-state index contributed by atoms with van der Waals surface area (Å²) in [4.78, 5) is 11.4. The Hall–Kier alpha value is -0.420. The van der Waals surface area contributed by atoms with Crippen LogP contribution in [0.4, 0.5) is 0 Å². The molecule has 1 aromatic heterocycles. The van der Waals surface area contributed by atoms with Crippen molar-refractivity contribution < 1.29 is 4.79 Å². The molecule has 0 aliphatic rings. The largest absolute Gasteiger partial charge is 0.297 e. The van der Waals surface area contributed by atoms with Gasteiger partial charge in [0.2, 0.25) is 0 Å². The fourth-order valence-electron chi connectivity index (χ4n) is 1.11. The Bertz CT molecular complexity index is 433. The van der Waals surface area contributed by atoms with Crippen molar-refractivity contribution in [3.05, 3.63) is 32.7 Å². The van der Waals surface area contributed by atoms with Crippen LogP contribution in [0, 0.1) is 3.57 Å². The Kier molecular flexibility index (Phi) is 2.14. The van der Waals surface area contributed by atoms with Crippen LogP contribution in [0.5, 0.6) is 0 Å². The van der Waals surface area contributed by atoms with Gasteiger partial charge in [-0.25, -0.2) is 0 Å². The Balaban J connectivity index is 2.87. The molecule has 12 heavy (non-hydrogen) atoms. The number of carbonyl (C=O) groups excluding carboxylic acids is 1. The van der Waals surface area contributed by atoms with Crippen LogP contribution in [0.15, 0.2) is 24.3 Å².